The molecule has 13 heteroatoms. The number of likely N-dealkylation sites (N-methyl/N-ethyl adjacent to an activating group) is 1. The van der Waals surface area contributed by atoms with Crippen molar-refractivity contribution in [3.8, 4) is 28.3 Å². The van der Waals surface area contributed by atoms with Gasteiger partial charge in [0, 0.05) is 55.8 Å². The Bertz CT molecular complexity index is 1470. The van der Waals surface area contributed by atoms with E-state index in [0.29, 0.717) is 23.2 Å². The van der Waals surface area contributed by atoms with Crippen LogP contribution >= 0.6 is 0 Å². The molecule has 0 radical (unpaired) electrons. The first-order valence-electron chi connectivity index (χ1n) is 13.0. The average molecular weight is 568 g/mol. The quantitative estimate of drug-likeness (QED) is 0.255. The normalized spacial score (nSPS) is 14.0. The molecule has 1 aliphatic heterocycles. The SMILES string of the molecule is CCN1CCN(c2ccc(-c3cc(OC)c(N(C=O)Cc4ccc(-c5nnc(C(F)F)o5)cn4)cc3F)cn2)CC1. The Morgan fingerprint density at radius 2 is 1.80 bits per heavy atom. The van der Waals surface area contributed by atoms with Crippen molar-refractivity contribution in [1.82, 2.24) is 25.1 Å². The summed E-state index contributed by atoms with van der Waals surface area (Å²) in [5.74, 6) is -0.310. The van der Waals surface area contributed by atoms with Gasteiger partial charge in [0.2, 0.25) is 12.3 Å². The highest BCUT2D eigenvalue weighted by atomic mass is 19.3. The number of methoxy groups -OCH3 is 1. The minimum Gasteiger partial charge on any atom is -0.495 e. The number of carbonyl (C=O) groups excluding carboxylic acids is 1. The monoisotopic (exact) mass is 567 g/mol. The zero-order chi connectivity index (χ0) is 28.9. The van der Waals surface area contributed by atoms with Gasteiger partial charge in [0.25, 0.3) is 5.89 Å². The summed E-state index contributed by atoms with van der Waals surface area (Å²) in [5, 5.41) is 6.89. The minimum absolute atomic E-state index is 0.00735. The number of hydrogen-bond acceptors (Lipinski definition) is 9. The number of aromatic nitrogens is 4. The average Bonchev–Trinajstić information content (AvgIpc) is 3.51. The van der Waals surface area contributed by atoms with E-state index in [1.54, 1.807) is 18.3 Å². The first-order valence-corrected chi connectivity index (χ1v) is 13.0. The van der Waals surface area contributed by atoms with Gasteiger partial charge in [0.05, 0.1) is 30.6 Å². The van der Waals surface area contributed by atoms with Gasteiger partial charge in [-0.05, 0) is 36.9 Å². The number of ether oxygens (including phenoxy) is 1. The van der Waals surface area contributed by atoms with Crippen molar-refractivity contribution in [3.05, 3.63) is 66.2 Å². The molecule has 0 aliphatic carbocycles. The van der Waals surface area contributed by atoms with E-state index < -0.39 is 18.1 Å². The maximum atomic E-state index is 15.4. The number of hydrogen-bond donors (Lipinski definition) is 0. The van der Waals surface area contributed by atoms with Crippen molar-refractivity contribution in [1.29, 1.82) is 0 Å². The van der Waals surface area contributed by atoms with Crippen LogP contribution in [-0.4, -0.2) is 71.3 Å². The van der Waals surface area contributed by atoms with E-state index in [9.17, 15) is 13.6 Å². The molecule has 0 bridgehead atoms. The van der Waals surface area contributed by atoms with Crippen LogP contribution in [0.1, 0.15) is 24.9 Å². The molecule has 0 N–H and O–H groups in total. The molecule has 0 atom stereocenters. The fraction of sp³-hybridized carbons (Fsp3) is 0.321. The van der Waals surface area contributed by atoms with Crippen LogP contribution in [0.25, 0.3) is 22.6 Å². The number of carbonyl (C=O) groups is 1. The second-order valence-electron chi connectivity index (χ2n) is 9.35. The summed E-state index contributed by atoms with van der Waals surface area (Å²) in [5.41, 5.74) is 1.86. The Labute approximate surface area is 234 Å². The lowest BCUT2D eigenvalue weighted by molar-refractivity contribution is -0.107. The molecule has 0 unspecified atom stereocenters. The summed E-state index contributed by atoms with van der Waals surface area (Å²) in [6.45, 7) is 6.87. The Balaban J connectivity index is 1.32. The summed E-state index contributed by atoms with van der Waals surface area (Å²) in [4.78, 5) is 26.7. The van der Waals surface area contributed by atoms with E-state index in [-0.39, 0.29) is 29.4 Å². The fourth-order valence-corrected chi connectivity index (χ4v) is 4.62. The van der Waals surface area contributed by atoms with Crippen molar-refractivity contribution in [2.45, 2.75) is 19.9 Å². The third-order valence-corrected chi connectivity index (χ3v) is 6.94. The topological polar surface area (TPSA) is 101 Å². The standard InChI is InChI=1S/C28H28F3N7O3/c1-3-36-8-10-37(11-9-36)25-7-5-18(14-33-25)21-12-24(40-2)23(13-22(21)29)38(17-39)16-20-6-4-19(15-32-20)27-34-35-28(41-27)26(30)31/h4-7,12-15,17,26H,3,8-11,16H2,1-2H3. The van der Waals surface area contributed by atoms with E-state index in [4.69, 9.17) is 9.15 Å². The van der Waals surface area contributed by atoms with Crippen molar-refractivity contribution in [2.75, 3.05) is 49.6 Å². The Morgan fingerprint density at radius 3 is 2.39 bits per heavy atom. The molecular formula is C28H28F3N7O3. The number of anilines is 2. The Kier molecular flexibility index (Phi) is 8.43. The van der Waals surface area contributed by atoms with Crippen molar-refractivity contribution in [3.63, 3.8) is 0 Å². The maximum absolute atomic E-state index is 15.4. The van der Waals surface area contributed by atoms with Gasteiger partial charge >= 0.3 is 6.43 Å². The summed E-state index contributed by atoms with van der Waals surface area (Å²) < 4.78 is 51.3. The lowest BCUT2D eigenvalue weighted by Gasteiger charge is -2.34. The lowest BCUT2D eigenvalue weighted by Crippen LogP contribution is -2.46. The van der Waals surface area contributed by atoms with Crippen molar-refractivity contribution in [2.24, 2.45) is 0 Å². The van der Waals surface area contributed by atoms with Crippen LogP contribution in [0.15, 0.2) is 53.2 Å². The summed E-state index contributed by atoms with van der Waals surface area (Å²) in [7, 11) is 1.44. The van der Waals surface area contributed by atoms with Crippen LogP contribution in [0.4, 0.5) is 24.7 Å². The predicted octanol–water partition coefficient (Wildman–Crippen LogP) is 4.58. The molecule has 1 aromatic carbocycles. The van der Waals surface area contributed by atoms with E-state index in [1.165, 1.54) is 30.3 Å². The summed E-state index contributed by atoms with van der Waals surface area (Å²) in [6.07, 6.45) is 0.667. The number of alkyl halides is 2. The maximum Gasteiger partial charge on any atom is 0.314 e. The number of pyridine rings is 2. The second kappa shape index (κ2) is 12.3. The molecule has 1 aliphatic rings. The van der Waals surface area contributed by atoms with E-state index >= 15 is 4.39 Å². The van der Waals surface area contributed by atoms with Crippen molar-refractivity contribution >= 4 is 17.9 Å². The Hall–Kier alpha value is -4.52. The summed E-state index contributed by atoms with van der Waals surface area (Å²) >= 11 is 0. The number of amides is 1. The van der Waals surface area contributed by atoms with Gasteiger partial charge in [0.1, 0.15) is 17.4 Å². The van der Waals surface area contributed by atoms with Crippen LogP contribution in [-0.2, 0) is 11.3 Å². The number of benzene rings is 1. The number of halogens is 3. The molecule has 1 saturated heterocycles. The van der Waals surface area contributed by atoms with Crippen LogP contribution in [0.5, 0.6) is 5.75 Å². The number of piperazine rings is 1. The van der Waals surface area contributed by atoms with Crippen molar-refractivity contribution < 1.29 is 27.1 Å². The first kappa shape index (κ1) is 28.0. The smallest absolute Gasteiger partial charge is 0.314 e. The molecule has 4 heterocycles. The van der Waals surface area contributed by atoms with Crippen LogP contribution in [0, 0.1) is 5.82 Å². The highest BCUT2D eigenvalue weighted by Crippen LogP contribution is 2.36. The largest absolute Gasteiger partial charge is 0.495 e. The van der Waals surface area contributed by atoms with Gasteiger partial charge in [-0.2, -0.15) is 8.78 Å². The fourth-order valence-electron chi connectivity index (χ4n) is 4.62. The molecule has 0 spiro atoms. The van der Waals surface area contributed by atoms with Gasteiger partial charge < -0.3 is 23.9 Å². The third-order valence-electron chi connectivity index (χ3n) is 6.94. The molecule has 41 heavy (non-hydrogen) atoms. The zero-order valence-corrected chi connectivity index (χ0v) is 22.5. The molecule has 0 saturated carbocycles. The highest BCUT2D eigenvalue weighted by molar-refractivity contribution is 5.81. The molecule has 4 aromatic rings. The minimum atomic E-state index is -2.88. The van der Waals surface area contributed by atoms with Gasteiger partial charge in [-0.25, -0.2) is 9.37 Å². The molecule has 214 valence electrons. The van der Waals surface area contributed by atoms with Crippen LogP contribution in [0.3, 0.4) is 0 Å². The summed E-state index contributed by atoms with van der Waals surface area (Å²) in [6, 6.07) is 9.60. The Morgan fingerprint density at radius 1 is 1.05 bits per heavy atom. The molecule has 1 fully saturated rings. The highest BCUT2D eigenvalue weighted by Gasteiger charge is 2.21. The van der Waals surface area contributed by atoms with Crippen LogP contribution < -0.4 is 14.5 Å². The van der Waals surface area contributed by atoms with Gasteiger partial charge in [-0.15, -0.1) is 10.2 Å². The predicted molar refractivity (Wildman–Crippen MR) is 145 cm³/mol. The van der Waals surface area contributed by atoms with Crippen LogP contribution in [0.2, 0.25) is 0 Å². The van der Waals surface area contributed by atoms with E-state index in [0.717, 1.165) is 38.5 Å². The van der Waals surface area contributed by atoms with Gasteiger partial charge in [-0.1, -0.05) is 6.92 Å². The second-order valence-corrected chi connectivity index (χ2v) is 9.35. The lowest BCUT2D eigenvalue weighted by atomic mass is 10.0. The van der Waals surface area contributed by atoms with E-state index in [2.05, 4.69) is 36.9 Å². The molecule has 3 aromatic heterocycles. The third kappa shape index (κ3) is 6.14. The molecule has 1 amide bonds. The molecule has 10 nitrogen and oxygen atoms in total. The number of nitrogens with zero attached hydrogens (tertiary/aromatic N) is 7. The molecule has 5 rings (SSSR count). The van der Waals surface area contributed by atoms with Gasteiger partial charge in [0.15, 0.2) is 0 Å². The number of rotatable bonds is 10. The molecular weight excluding hydrogens is 539 g/mol. The van der Waals surface area contributed by atoms with Gasteiger partial charge in [-0.3, -0.25) is 9.78 Å². The first-order chi connectivity index (χ1) is 19.9. The van der Waals surface area contributed by atoms with E-state index in [1.807, 2.05) is 12.1 Å². The zero-order valence-electron chi connectivity index (χ0n) is 22.5.